The number of nitrogens with one attached hydrogen (secondary N) is 1. The molecule has 8 nitrogen and oxygen atoms in total. The molecule has 0 spiro atoms. The number of hydrogen-bond donors (Lipinski definition) is 1. The highest BCUT2D eigenvalue weighted by atomic mass is 32.1. The lowest BCUT2D eigenvalue weighted by Gasteiger charge is -2.11. The Morgan fingerprint density at radius 1 is 1.12 bits per heavy atom. The van der Waals surface area contributed by atoms with Crippen molar-refractivity contribution in [1.82, 2.24) is 0 Å². The molecular weight excluding hydrogens is 434 g/mol. The number of carbonyl (C=O) groups is 3. The van der Waals surface area contributed by atoms with Gasteiger partial charge in [-0.25, -0.2) is 9.59 Å². The second kappa shape index (κ2) is 11.6. The highest BCUT2D eigenvalue weighted by molar-refractivity contribution is 7.16. The van der Waals surface area contributed by atoms with Crippen molar-refractivity contribution in [3.05, 3.63) is 46.3 Å². The predicted molar refractivity (Wildman–Crippen MR) is 119 cm³/mol. The molecule has 0 saturated carbocycles. The Bertz CT molecular complexity index is 932. The number of benzene rings is 1. The van der Waals surface area contributed by atoms with Crippen LogP contribution in [0.3, 0.4) is 0 Å². The number of aryl methyl sites for hydroxylation is 1. The lowest BCUT2D eigenvalue weighted by atomic mass is 10.2. The van der Waals surface area contributed by atoms with Crippen LogP contribution in [0.4, 0.5) is 5.00 Å². The third kappa shape index (κ3) is 6.54. The molecule has 1 saturated heterocycles. The molecule has 1 N–H and O–H groups in total. The Labute approximate surface area is 190 Å². The molecule has 1 aliphatic rings. The number of ether oxygens (including phenoxy) is 4. The van der Waals surface area contributed by atoms with Crippen LogP contribution in [0.5, 0.6) is 5.75 Å². The summed E-state index contributed by atoms with van der Waals surface area (Å²) in [5.74, 6) is -1.04. The van der Waals surface area contributed by atoms with Crippen LogP contribution in [0, 0.1) is 0 Å². The zero-order valence-electron chi connectivity index (χ0n) is 18.2. The van der Waals surface area contributed by atoms with Crippen molar-refractivity contribution in [3.8, 4) is 5.75 Å². The number of amides is 1. The van der Waals surface area contributed by atoms with Gasteiger partial charge >= 0.3 is 11.9 Å². The van der Waals surface area contributed by atoms with Gasteiger partial charge in [-0.15, -0.1) is 11.3 Å². The number of anilines is 1. The van der Waals surface area contributed by atoms with E-state index in [1.807, 2.05) is 6.92 Å². The van der Waals surface area contributed by atoms with Crippen LogP contribution < -0.4 is 10.1 Å². The SMILES string of the molecule is CCOC(=O)c1cc(CC)sc1NC(=O)COC(=O)c1ccc(OCC2CCCO2)cc1. The van der Waals surface area contributed by atoms with Crippen molar-refractivity contribution in [2.75, 3.05) is 31.7 Å². The number of hydrogen-bond acceptors (Lipinski definition) is 8. The number of rotatable bonds is 10. The average Bonchev–Trinajstić information content (AvgIpc) is 3.46. The topological polar surface area (TPSA) is 100 Å². The van der Waals surface area contributed by atoms with Crippen molar-refractivity contribution in [2.45, 2.75) is 39.2 Å². The normalized spacial score (nSPS) is 15.2. The van der Waals surface area contributed by atoms with Gasteiger partial charge in [-0.2, -0.15) is 0 Å². The van der Waals surface area contributed by atoms with E-state index >= 15 is 0 Å². The van der Waals surface area contributed by atoms with E-state index in [1.165, 1.54) is 11.3 Å². The first-order valence-electron chi connectivity index (χ1n) is 10.6. The Morgan fingerprint density at radius 3 is 2.56 bits per heavy atom. The molecule has 1 aliphatic heterocycles. The molecule has 1 fully saturated rings. The fourth-order valence-electron chi connectivity index (χ4n) is 3.10. The van der Waals surface area contributed by atoms with Crippen LogP contribution in [0.15, 0.2) is 30.3 Å². The van der Waals surface area contributed by atoms with Crippen LogP contribution >= 0.6 is 11.3 Å². The largest absolute Gasteiger partial charge is 0.491 e. The Hall–Kier alpha value is -2.91. The summed E-state index contributed by atoms with van der Waals surface area (Å²) < 4.78 is 21.3. The summed E-state index contributed by atoms with van der Waals surface area (Å²) in [4.78, 5) is 37.6. The van der Waals surface area contributed by atoms with E-state index in [-0.39, 0.29) is 12.7 Å². The van der Waals surface area contributed by atoms with E-state index in [4.69, 9.17) is 18.9 Å². The molecule has 0 aliphatic carbocycles. The minimum Gasteiger partial charge on any atom is -0.491 e. The Balaban J connectivity index is 1.49. The molecule has 1 unspecified atom stereocenters. The Kier molecular flexibility index (Phi) is 8.64. The highest BCUT2D eigenvalue weighted by Gasteiger charge is 2.20. The Morgan fingerprint density at radius 2 is 1.91 bits per heavy atom. The molecule has 9 heteroatoms. The summed E-state index contributed by atoms with van der Waals surface area (Å²) in [6.45, 7) is 4.67. The maximum atomic E-state index is 12.3. The van der Waals surface area contributed by atoms with Gasteiger partial charge in [0.05, 0.1) is 23.8 Å². The van der Waals surface area contributed by atoms with Crippen molar-refractivity contribution in [3.63, 3.8) is 0 Å². The molecule has 1 atom stereocenters. The monoisotopic (exact) mass is 461 g/mol. The van der Waals surface area contributed by atoms with E-state index in [0.29, 0.717) is 28.5 Å². The number of esters is 2. The van der Waals surface area contributed by atoms with E-state index in [0.717, 1.165) is 30.7 Å². The highest BCUT2D eigenvalue weighted by Crippen LogP contribution is 2.29. The van der Waals surface area contributed by atoms with Gasteiger partial charge in [0.15, 0.2) is 6.61 Å². The maximum absolute atomic E-state index is 12.3. The molecular formula is C23H27NO7S. The zero-order valence-corrected chi connectivity index (χ0v) is 19.0. The molecule has 1 aromatic carbocycles. The lowest BCUT2D eigenvalue weighted by Crippen LogP contribution is -2.21. The summed E-state index contributed by atoms with van der Waals surface area (Å²) >= 11 is 1.29. The van der Waals surface area contributed by atoms with E-state index in [9.17, 15) is 14.4 Å². The van der Waals surface area contributed by atoms with E-state index in [2.05, 4.69) is 5.32 Å². The summed E-state index contributed by atoms with van der Waals surface area (Å²) in [7, 11) is 0. The van der Waals surface area contributed by atoms with Crippen molar-refractivity contribution in [1.29, 1.82) is 0 Å². The average molecular weight is 462 g/mol. The molecule has 2 aromatic rings. The van der Waals surface area contributed by atoms with E-state index < -0.39 is 24.5 Å². The standard InChI is InChI=1S/C23H27NO7S/c1-3-18-12-19(23(27)28-4-2)21(32-18)24-20(25)14-31-22(26)15-7-9-16(10-8-15)30-13-17-6-5-11-29-17/h7-10,12,17H,3-6,11,13-14H2,1-2H3,(H,24,25). The minimum atomic E-state index is -0.628. The molecule has 3 rings (SSSR count). The quantitative estimate of drug-likeness (QED) is 0.537. The van der Waals surface area contributed by atoms with Crippen molar-refractivity contribution in [2.24, 2.45) is 0 Å². The summed E-state index contributed by atoms with van der Waals surface area (Å²) in [5.41, 5.74) is 0.603. The number of thiophene rings is 1. The smallest absolute Gasteiger partial charge is 0.341 e. The summed E-state index contributed by atoms with van der Waals surface area (Å²) in [6, 6.07) is 8.21. The first-order chi connectivity index (χ1) is 15.5. The van der Waals surface area contributed by atoms with Crippen LogP contribution in [0.2, 0.25) is 0 Å². The van der Waals surface area contributed by atoms with Gasteiger partial charge in [0.25, 0.3) is 5.91 Å². The zero-order chi connectivity index (χ0) is 22.9. The van der Waals surface area contributed by atoms with Crippen LogP contribution in [-0.2, 0) is 25.4 Å². The minimum absolute atomic E-state index is 0.110. The van der Waals surface area contributed by atoms with E-state index in [1.54, 1.807) is 37.3 Å². The second-order valence-electron chi connectivity index (χ2n) is 7.12. The molecule has 0 radical (unpaired) electrons. The fraction of sp³-hybridized carbons (Fsp3) is 0.435. The maximum Gasteiger partial charge on any atom is 0.341 e. The molecule has 1 amide bonds. The molecule has 1 aromatic heterocycles. The van der Waals surface area contributed by atoms with Gasteiger partial charge in [0.2, 0.25) is 0 Å². The van der Waals surface area contributed by atoms with Gasteiger partial charge in [-0.3, -0.25) is 4.79 Å². The van der Waals surface area contributed by atoms with Gasteiger partial charge in [-0.1, -0.05) is 6.92 Å². The summed E-state index contributed by atoms with van der Waals surface area (Å²) in [6.07, 6.45) is 2.86. The first-order valence-corrected chi connectivity index (χ1v) is 11.4. The molecule has 0 bridgehead atoms. The van der Waals surface area contributed by atoms with Crippen LogP contribution in [0.1, 0.15) is 52.3 Å². The van der Waals surface area contributed by atoms with Gasteiger partial charge in [0.1, 0.15) is 17.4 Å². The molecule has 172 valence electrons. The molecule has 2 heterocycles. The summed E-state index contributed by atoms with van der Waals surface area (Å²) in [5, 5.41) is 3.02. The lowest BCUT2D eigenvalue weighted by molar-refractivity contribution is -0.119. The van der Waals surface area contributed by atoms with Crippen LogP contribution in [0.25, 0.3) is 0 Å². The third-order valence-corrected chi connectivity index (χ3v) is 5.96. The number of carbonyl (C=O) groups excluding carboxylic acids is 3. The van der Waals surface area contributed by atoms with Gasteiger partial charge in [-0.05, 0) is 56.5 Å². The van der Waals surface area contributed by atoms with Gasteiger partial charge < -0.3 is 24.3 Å². The van der Waals surface area contributed by atoms with Crippen molar-refractivity contribution < 1.29 is 33.3 Å². The third-order valence-electron chi connectivity index (χ3n) is 4.76. The van der Waals surface area contributed by atoms with Gasteiger partial charge in [0, 0.05) is 11.5 Å². The second-order valence-corrected chi connectivity index (χ2v) is 8.26. The van der Waals surface area contributed by atoms with Crippen LogP contribution in [-0.4, -0.2) is 50.4 Å². The van der Waals surface area contributed by atoms with Crippen molar-refractivity contribution >= 4 is 34.2 Å². The predicted octanol–water partition coefficient (Wildman–Crippen LogP) is 3.84. The fourth-order valence-corrected chi connectivity index (χ4v) is 4.10. The first kappa shape index (κ1) is 23.7. The molecule has 32 heavy (non-hydrogen) atoms.